The summed E-state index contributed by atoms with van der Waals surface area (Å²) < 4.78 is 7.31. The van der Waals surface area contributed by atoms with Crippen LogP contribution in [0.3, 0.4) is 0 Å². The van der Waals surface area contributed by atoms with Crippen LogP contribution in [0.4, 0.5) is 0 Å². The minimum Gasteiger partial charge on any atom is -0.483 e. The third-order valence-electron chi connectivity index (χ3n) is 3.73. The van der Waals surface area contributed by atoms with Crippen molar-refractivity contribution < 1.29 is 14.3 Å². The monoisotopic (exact) mass is 567 g/mol. The van der Waals surface area contributed by atoms with Gasteiger partial charge in [0.25, 0.3) is 5.91 Å². The first-order chi connectivity index (χ1) is 14.4. The predicted molar refractivity (Wildman–Crippen MR) is 130 cm³/mol. The first kappa shape index (κ1) is 22.4. The van der Waals surface area contributed by atoms with Gasteiger partial charge in [-0.1, -0.05) is 34.1 Å². The van der Waals surface area contributed by atoms with Crippen LogP contribution in [0, 0.1) is 0 Å². The zero-order valence-electron chi connectivity index (χ0n) is 15.3. The summed E-state index contributed by atoms with van der Waals surface area (Å²) in [5.74, 6) is -0.323. The van der Waals surface area contributed by atoms with E-state index >= 15 is 0 Å². The summed E-state index contributed by atoms with van der Waals surface area (Å²) in [6, 6.07) is 13.3. The van der Waals surface area contributed by atoms with Crippen LogP contribution in [0.25, 0.3) is 16.8 Å². The van der Waals surface area contributed by atoms with E-state index in [0.717, 1.165) is 24.6 Å². The molecule has 0 radical (unpaired) electrons. The standard InChI is InChI=1S/C20H15Br2N3O3S2/c21-13-4-6-15-12(10-13)3-7-16(19(15)22)28-11-18(27)24-25-20(29)23-17(26)8-5-14-2-1-9-30-14/h1-10H,11H2,(H,24,27)(H2,23,25,26,29). The van der Waals surface area contributed by atoms with Crippen LogP contribution in [0.1, 0.15) is 4.88 Å². The quantitative estimate of drug-likeness (QED) is 0.239. The number of thiocarbonyl (C=S) groups is 1. The van der Waals surface area contributed by atoms with E-state index in [1.54, 1.807) is 12.1 Å². The van der Waals surface area contributed by atoms with Crippen LogP contribution in [-0.4, -0.2) is 23.5 Å². The number of benzene rings is 2. The molecule has 0 aliphatic rings. The summed E-state index contributed by atoms with van der Waals surface area (Å²) in [5.41, 5.74) is 4.84. The van der Waals surface area contributed by atoms with Gasteiger partial charge in [0, 0.05) is 15.4 Å². The molecule has 154 valence electrons. The Balaban J connectivity index is 1.45. The van der Waals surface area contributed by atoms with E-state index in [2.05, 4.69) is 48.0 Å². The van der Waals surface area contributed by atoms with Gasteiger partial charge in [-0.2, -0.15) is 0 Å². The molecular weight excluding hydrogens is 554 g/mol. The molecule has 0 spiro atoms. The third kappa shape index (κ3) is 6.36. The van der Waals surface area contributed by atoms with Gasteiger partial charge in [-0.05, 0) is 74.6 Å². The number of thiophene rings is 1. The van der Waals surface area contributed by atoms with Crippen molar-refractivity contribution in [2.24, 2.45) is 0 Å². The summed E-state index contributed by atoms with van der Waals surface area (Å²) in [4.78, 5) is 24.8. The van der Waals surface area contributed by atoms with Crippen LogP contribution in [0.15, 0.2) is 62.9 Å². The molecule has 0 bridgehead atoms. The van der Waals surface area contributed by atoms with Gasteiger partial charge in [0.15, 0.2) is 11.7 Å². The fourth-order valence-electron chi connectivity index (χ4n) is 2.39. The number of carbonyl (C=O) groups is 2. The van der Waals surface area contributed by atoms with Gasteiger partial charge in [-0.15, -0.1) is 11.3 Å². The Hall–Kier alpha value is -2.27. The lowest BCUT2D eigenvalue weighted by Gasteiger charge is -2.12. The largest absolute Gasteiger partial charge is 0.483 e. The smallest absolute Gasteiger partial charge is 0.276 e. The minimum atomic E-state index is -0.455. The summed E-state index contributed by atoms with van der Waals surface area (Å²) in [6.45, 7) is -0.234. The average molecular weight is 569 g/mol. The Bertz CT molecular complexity index is 1120. The van der Waals surface area contributed by atoms with Crippen LogP contribution in [-0.2, 0) is 9.59 Å². The number of hydrogen-bond donors (Lipinski definition) is 3. The van der Waals surface area contributed by atoms with E-state index in [9.17, 15) is 9.59 Å². The van der Waals surface area contributed by atoms with E-state index in [4.69, 9.17) is 17.0 Å². The number of rotatable bonds is 5. The van der Waals surface area contributed by atoms with Gasteiger partial charge < -0.3 is 4.74 Å². The maximum atomic E-state index is 12.0. The van der Waals surface area contributed by atoms with Crippen molar-refractivity contribution in [2.75, 3.05) is 6.61 Å². The van der Waals surface area contributed by atoms with Crippen LogP contribution in [0.5, 0.6) is 5.75 Å². The van der Waals surface area contributed by atoms with Gasteiger partial charge in [0.05, 0.1) is 4.47 Å². The molecule has 3 N–H and O–H groups in total. The number of hydrogen-bond acceptors (Lipinski definition) is 5. The molecule has 0 aliphatic heterocycles. The molecule has 1 heterocycles. The molecule has 0 aliphatic carbocycles. The number of ether oxygens (including phenoxy) is 1. The molecule has 2 aromatic carbocycles. The number of halogens is 2. The van der Waals surface area contributed by atoms with Crippen LogP contribution in [0.2, 0.25) is 0 Å². The lowest BCUT2D eigenvalue weighted by Crippen LogP contribution is -2.49. The van der Waals surface area contributed by atoms with E-state index in [-0.39, 0.29) is 11.7 Å². The molecule has 0 saturated heterocycles. The molecule has 0 saturated carbocycles. The molecule has 3 aromatic rings. The topological polar surface area (TPSA) is 79.5 Å². The highest BCUT2D eigenvalue weighted by Gasteiger charge is 2.10. The Morgan fingerprint density at radius 3 is 2.73 bits per heavy atom. The van der Waals surface area contributed by atoms with Crippen molar-refractivity contribution >= 4 is 89.2 Å². The normalized spacial score (nSPS) is 10.7. The van der Waals surface area contributed by atoms with Gasteiger partial charge in [0.2, 0.25) is 5.91 Å². The zero-order valence-corrected chi connectivity index (χ0v) is 20.1. The Morgan fingerprint density at radius 2 is 1.97 bits per heavy atom. The fourth-order valence-corrected chi connectivity index (χ4v) is 4.14. The first-order valence-corrected chi connectivity index (χ1v) is 11.4. The van der Waals surface area contributed by atoms with E-state index in [1.807, 2.05) is 41.8 Å². The number of hydrazine groups is 1. The van der Waals surface area contributed by atoms with Crippen molar-refractivity contribution in [2.45, 2.75) is 0 Å². The molecule has 0 fully saturated rings. The Kier molecular flexibility index (Phi) is 7.97. The van der Waals surface area contributed by atoms with Crippen LogP contribution < -0.4 is 20.9 Å². The number of carbonyl (C=O) groups excluding carboxylic acids is 2. The highest BCUT2D eigenvalue weighted by Crippen LogP contribution is 2.34. The van der Waals surface area contributed by atoms with Crippen molar-refractivity contribution in [3.8, 4) is 5.75 Å². The maximum Gasteiger partial charge on any atom is 0.276 e. The van der Waals surface area contributed by atoms with E-state index in [0.29, 0.717) is 5.75 Å². The maximum absolute atomic E-state index is 12.0. The number of amides is 2. The molecular formula is C20H15Br2N3O3S2. The van der Waals surface area contributed by atoms with Crippen LogP contribution >= 0.6 is 55.4 Å². The minimum absolute atomic E-state index is 0.0263. The second-order valence-electron chi connectivity index (χ2n) is 5.87. The lowest BCUT2D eigenvalue weighted by atomic mass is 10.1. The Labute approximate surface area is 198 Å². The number of fused-ring (bicyclic) bond motifs is 1. The highest BCUT2D eigenvalue weighted by atomic mass is 79.9. The molecule has 30 heavy (non-hydrogen) atoms. The van der Waals surface area contributed by atoms with Crippen molar-refractivity contribution in [1.29, 1.82) is 0 Å². The lowest BCUT2D eigenvalue weighted by molar-refractivity contribution is -0.123. The van der Waals surface area contributed by atoms with Crippen molar-refractivity contribution in [1.82, 2.24) is 16.2 Å². The van der Waals surface area contributed by atoms with Gasteiger partial charge in [-0.25, -0.2) is 0 Å². The third-order valence-corrected chi connectivity index (χ3v) is 6.09. The average Bonchev–Trinajstić information content (AvgIpc) is 3.24. The summed E-state index contributed by atoms with van der Waals surface area (Å²) in [7, 11) is 0. The predicted octanol–water partition coefficient (Wildman–Crippen LogP) is 4.54. The fraction of sp³-hybridized carbons (Fsp3) is 0.0500. The van der Waals surface area contributed by atoms with Gasteiger partial charge in [0.1, 0.15) is 5.75 Å². The number of nitrogens with one attached hydrogen (secondary N) is 3. The summed E-state index contributed by atoms with van der Waals surface area (Å²) >= 11 is 13.4. The van der Waals surface area contributed by atoms with Gasteiger partial charge >= 0.3 is 0 Å². The molecule has 0 unspecified atom stereocenters. The first-order valence-electron chi connectivity index (χ1n) is 8.54. The summed E-state index contributed by atoms with van der Waals surface area (Å²) in [5, 5.41) is 6.32. The highest BCUT2D eigenvalue weighted by molar-refractivity contribution is 9.11. The Morgan fingerprint density at radius 1 is 1.13 bits per heavy atom. The SMILES string of the molecule is O=C(C=Cc1cccs1)NC(=S)NNC(=O)COc1ccc2cc(Br)ccc2c1Br. The van der Waals surface area contributed by atoms with E-state index < -0.39 is 11.8 Å². The van der Waals surface area contributed by atoms with Crippen molar-refractivity contribution in [3.05, 3.63) is 67.7 Å². The summed E-state index contributed by atoms with van der Waals surface area (Å²) in [6.07, 6.45) is 3.04. The molecule has 3 rings (SSSR count). The molecule has 10 heteroatoms. The molecule has 0 atom stereocenters. The second kappa shape index (κ2) is 10.7. The van der Waals surface area contributed by atoms with Crippen molar-refractivity contribution in [3.63, 3.8) is 0 Å². The van der Waals surface area contributed by atoms with Gasteiger partial charge in [-0.3, -0.25) is 25.8 Å². The molecule has 6 nitrogen and oxygen atoms in total. The zero-order chi connectivity index (χ0) is 21.5. The molecule has 2 amide bonds. The molecule has 1 aromatic heterocycles. The van der Waals surface area contributed by atoms with E-state index in [1.165, 1.54) is 17.4 Å². The second-order valence-corrected chi connectivity index (χ2v) is 8.97.